The van der Waals surface area contributed by atoms with E-state index >= 15 is 0 Å². The Morgan fingerprint density at radius 3 is 2.36 bits per heavy atom. The van der Waals surface area contributed by atoms with Crippen LogP contribution in [0.3, 0.4) is 0 Å². The first-order valence-electron chi connectivity index (χ1n) is 3.72. The maximum absolute atomic E-state index is 5.28. The molecule has 60 valence electrons. The fraction of sp³-hybridized carbons (Fsp3) is 0.333. The van der Waals surface area contributed by atoms with Crippen LogP contribution in [0.5, 0.6) is 5.75 Å². The van der Waals surface area contributed by atoms with Crippen molar-refractivity contribution in [2.75, 3.05) is 6.26 Å². The maximum Gasteiger partial charge on any atom is 0.187 e. The fourth-order valence-electron chi connectivity index (χ4n) is 0.891. The smallest absolute Gasteiger partial charge is 0.187 e. The minimum Gasteiger partial charge on any atom is -0.289 e. The molecule has 0 aromatic heterocycles. The summed E-state index contributed by atoms with van der Waals surface area (Å²) in [5, 5.41) is 0. The first kappa shape index (κ1) is 8.47. The predicted octanol–water partition coefficient (Wildman–Crippen LogP) is 1.99. The lowest BCUT2D eigenvalue weighted by atomic mass is 10.2. The molecule has 11 heavy (non-hydrogen) atoms. The summed E-state index contributed by atoms with van der Waals surface area (Å²) in [6.07, 6.45) is 3.05. The molecule has 0 atom stereocenters. The highest BCUT2D eigenvalue weighted by Gasteiger charge is 1.95. The number of rotatable bonds is 3. The van der Waals surface area contributed by atoms with Crippen LogP contribution in [-0.2, 0) is 18.5 Å². The topological polar surface area (TPSA) is 9.23 Å². The molecule has 1 nitrogen and oxygen atoms in total. The molecule has 0 spiro atoms. The van der Waals surface area contributed by atoms with E-state index in [-0.39, 0.29) is 0 Å². The van der Waals surface area contributed by atoms with Crippen LogP contribution in [0, 0.1) is 0 Å². The molecule has 1 aromatic carbocycles. The van der Waals surface area contributed by atoms with Crippen molar-refractivity contribution in [3.05, 3.63) is 29.8 Å². The van der Waals surface area contributed by atoms with Gasteiger partial charge < -0.3 is 0 Å². The number of benzene rings is 1. The number of hydrogen-bond acceptors (Lipinski definition) is 1. The van der Waals surface area contributed by atoms with Crippen LogP contribution >= 0.6 is 0 Å². The Bertz CT molecular complexity index is 205. The number of hydrogen-bond donors (Lipinski definition) is 0. The van der Waals surface area contributed by atoms with E-state index in [0.29, 0.717) is 0 Å². The summed E-state index contributed by atoms with van der Waals surface area (Å²) in [6, 6.07) is 8.21. The third-order valence-electron chi connectivity index (χ3n) is 1.53. The highest BCUT2D eigenvalue weighted by atomic mass is 32.2. The Labute approximate surface area is 72.0 Å². The Hall–Kier alpha value is -0.630. The molecule has 0 N–H and O–H groups in total. The monoisotopic (exact) mass is 169 g/mol. The average Bonchev–Trinajstić information content (AvgIpc) is 2.07. The molecule has 0 aliphatic rings. The van der Waals surface area contributed by atoms with Crippen LogP contribution in [0.1, 0.15) is 12.5 Å². The lowest BCUT2D eigenvalue weighted by Crippen LogP contribution is -1.88. The molecular weight excluding hydrogens is 156 g/mol. The summed E-state index contributed by atoms with van der Waals surface area (Å²) in [5.74, 6) is 0.950. The summed E-state index contributed by atoms with van der Waals surface area (Å²) in [5.41, 5.74) is 1.35. The molecule has 0 unspecified atom stereocenters. The van der Waals surface area contributed by atoms with Crippen molar-refractivity contribution in [2.24, 2.45) is 0 Å². The average molecular weight is 169 g/mol. The van der Waals surface area contributed by atoms with Crippen LogP contribution in [-0.4, -0.2) is 6.26 Å². The van der Waals surface area contributed by atoms with Gasteiger partial charge in [-0.2, -0.15) is 0 Å². The SMILES string of the molecule is CCc1ccc(O[SH+]C)cc1. The Kier molecular flexibility index (Phi) is 3.30. The van der Waals surface area contributed by atoms with Crippen LogP contribution in [0.2, 0.25) is 0 Å². The van der Waals surface area contributed by atoms with E-state index < -0.39 is 0 Å². The van der Waals surface area contributed by atoms with Crippen molar-refractivity contribution < 1.29 is 4.18 Å². The number of thiol groups is 1. The van der Waals surface area contributed by atoms with E-state index in [1.54, 1.807) is 0 Å². The highest BCUT2D eigenvalue weighted by Crippen LogP contribution is 2.12. The van der Waals surface area contributed by atoms with Crippen LogP contribution in [0.15, 0.2) is 24.3 Å². The second-order valence-corrected chi connectivity index (χ2v) is 2.82. The summed E-state index contributed by atoms with van der Waals surface area (Å²) in [7, 11) is 0. The van der Waals surface area contributed by atoms with E-state index in [1.165, 1.54) is 5.56 Å². The normalized spacial score (nSPS) is 9.64. The van der Waals surface area contributed by atoms with E-state index in [2.05, 4.69) is 19.1 Å². The standard InChI is InChI=1S/C9H12OS/c1-3-8-4-6-9(7-5-8)10-11-2/h4-7H,3H2,1-2H3/p+1. The lowest BCUT2D eigenvalue weighted by Gasteiger charge is -1.96. The minimum atomic E-state index is 0.950. The quantitative estimate of drug-likeness (QED) is 0.496. The molecule has 0 saturated carbocycles. The van der Waals surface area contributed by atoms with Crippen molar-refractivity contribution in [3.8, 4) is 5.75 Å². The van der Waals surface area contributed by atoms with Gasteiger partial charge in [-0.25, -0.2) is 0 Å². The van der Waals surface area contributed by atoms with Gasteiger partial charge in [0.05, 0.1) is 0 Å². The summed E-state index contributed by atoms with van der Waals surface area (Å²) < 4.78 is 5.28. The van der Waals surface area contributed by atoms with Gasteiger partial charge in [0, 0.05) is 0 Å². The fourth-order valence-corrected chi connectivity index (χ4v) is 1.22. The zero-order valence-electron chi connectivity index (χ0n) is 6.87. The van der Waals surface area contributed by atoms with E-state index in [4.69, 9.17) is 4.18 Å². The van der Waals surface area contributed by atoms with E-state index in [9.17, 15) is 0 Å². The van der Waals surface area contributed by atoms with Gasteiger partial charge in [-0.15, -0.1) is 0 Å². The Morgan fingerprint density at radius 2 is 1.91 bits per heavy atom. The van der Waals surface area contributed by atoms with E-state index in [0.717, 1.165) is 24.2 Å². The molecule has 0 fully saturated rings. The molecule has 0 heterocycles. The molecule has 0 aliphatic heterocycles. The van der Waals surface area contributed by atoms with Gasteiger partial charge in [-0.05, 0) is 24.1 Å². The van der Waals surface area contributed by atoms with Crippen molar-refractivity contribution in [1.29, 1.82) is 0 Å². The van der Waals surface area contributed by atoms with Crippen molar-refractivity contribution in [1.82, 2.24) is 0 Å². The summed E-state index contributed by atoms with van der Waals surface area (Å²) in [6.45, 7) is 2.15. The first-order valence-corrected chi connectivity index (χ1v) is 4.98. The van der Waals surface area contributed by atoms with Gasteiger partial charge in [0.25, 0.3) is 0 Å². The Morgan fingerprint density at radius 1 is 1.27 bits per heavy atom. The summed E-state index contributed by atoms with van der Waals surface area (Å²) >= 11 is 0.950. The van der Waals surface area contributed by atoms with Crippen LogP contribution in [0.25, 0.3) is 0 Å². The molecule has 0 bridgehead atoms. The molecule has 1 rings (SSSR count). The zero-order valence-corrected chi connectivity index (χ0v) is 7.77. The molecular formula is C9H13OS+. The third kappa shape index (κ3) is 2.46. The van der Waals surface area contributed by atoms with Crippen molar-refractivity contribution in [2.45, 2.75) is 13.3 Å². The summed E-state index contributed by atoms with van der Waals surface area (Å²) in [4.78, 5) is 0. The van der Waals surface area contributed by atoms with E-state index in [1.807, 2.05) is 18.4 Å². The Balaban J connectivity index is 2.66. The maximum atomic E-state index is 5.28. The predicted molar refractivity (Wildman–Crippen MR) is 51.1 cm³/mol. The largest absolute Gasteiger partial charge is 0.289 e. The molecule has 0 radical (unpaired) electrons. The molecule has 0 amide bonds. The van der Waals surface area contributed by atoms with Gasteiger partial charge in [0.1, 0.15) is 6.26 Å². The van der Waals surface area contributed by atoms with Gasteiger partial charge >= 0.3 is 0 Å². The third-order valence-corrected chi connectivity index (χ3v) is 1.92. The van der Waals surface area contributed by atoms with Gasteiger partial charge in [-0.1, -0.05) is 19.1 Å². The van der Waals surface area contributed by atoms with Crippen molar-refractivity contribution in [3.63, 3.8) is 0 Å². The lowest BCUT2D eigenvalue weighted by molar-refractivity contribution is 0.645. The second-order valence-electron chi connectivity index (χ2n) is 2.27. The van der Waals surface area contributed by atoms with Crippen molar-refractivity contribution >= 4 is 12.0 Å². The highest BCUT2D eigenvalue weighted by molar-refractivity contribution is 7.73. The number of aryl methyl sites for hydroxylation is 1. The van der Waals surface area contributed by atoms with Gasteiger partial charge in [-0.3, -0.25) is 4.18 Å². The van der Waals surface area contributed by atoms with Gasteiger partial charge in [0.2, 0.25) is 0 Å². The zero-order chi connectivity index (χ0) is 8.10. The second kappa shape index (κ2) is 4.29. The molecule has 0 saturated heterocycles. The molecule has 0 aliphatic carbocycles. The molecule has 2 heteroatoms. The first-order chi connectivity index (χ1) is 5.36. The van der Waals surface area contributed by atoms with Crippen LogP contribution < -0.4 is 4.18 Å². The van der Waals surface area contributed by atoms with Gasteiger partial charge in [0.15, 0.2) is 17.8 Å². The minimum absolute atomic E-state index is 0.950. The molecule has 1 aromatic rings. The van der Waals surface area contributed by atoms with Crippen LogP contribution in [0.4, 0.5) is 0 Å².